The average molecular weight is 495 g/mol. The summed E-state index contributed by atoms with van der Waals surface area (Å²) in [5.74, 6) is -0.733. The van der Waals surface area contributed by atoms with E-state index in [0.717, 1.165) is 15.4 Å². The number of carbonyl (C=O) groups excluding carboxylic acids is 2. The smallest absolute Gasteiger partial charge is 0.264 e. The highest BCUT2D eigenvalue weighted by molar-refractivity contribution is 7.92. The van der Waals surface area contributed by atoms with Crippen molar-refractivity contribution in [2.45, 2.75) is 18.7 Å². The fraction of sp³-hybridized carbons (Fsp3) is 0.160. The number of nitrogens with zero attached hydrogens (tertiary/aromatic N) is 2. The van der Waals surface area contributed by atoms with Crippen LogP contribution in [-0.2, 0) is 19.6 Å². The molecule has 0 saturated carbocycles. The Balaban J connectivity index is 1.74. The number of amides is 2. The minimum atomic E-state index is -4.00. The number of primary amides is 1. The van der Waals surface area contributed by atoms with Gasteiger partial charge in [0.2, 0.25) is 0 Å². The van der Waals surface area contributed by atoms with Crippen LogP contribution in [0.15, 0.2) is 82.8 Å². The fourth-order valence-electron chi connectivity index (χ4n) is 3.06. The molecule has 0 spiro atoms. The van der Waals surface area contributed by atoms with Crippen molar-refractivity contribution in [3.8, 4) is 5.75 Å². The molecule has 0 unspecified atom stereocenters. The van der Waals surface area contributed by atoms with Gasteiger partial charge in [0.15, 0.2) is 6.61 Å². The molecule has 0 aliphatic rings. The van der Waals surface area contributed by atoms with Crippen LogP contribution in [0.5, 0.6) is 5.75 Å². The van der Waals surface area contributed by atoms with E-state index >= 15 is 0 Å². The van der Waals surface area contributed by atoms with Gasteiger partial charge < -0.3 is 10.5 Å². The van der Waals surface area contributed by atoms with E-state index in [4.69, 9.17) is 10.5 Å². The van der Waals surface area contributed by atoms with Gasteiger partial charge in [-0.3, -0.25) is 13.9 Å². The van der Waals surface area contributed by atoms with E-state index in [-0.39, 0.29) is 11.5 Å². The van der Waals surface area contributed by atoms with Crippen LogP contribution >= 0.6 is 0 Å². The summed E-state index contributed by atoms with van der Waals surface area (Å²) < 4.78 is 33.0. The van der Waals surface area contributed by atoms with E-state index in [1.54, 1.807) is 54.6 Å². The molecule has 0 saturated heterocycles. The van der Waals surface area contributed by atoms with Gasteiger partial charge in [-0.25, -0.2) is 13.8 Å². The van der Waals surface area contributed by atoms with E-state index in [9.17, 15) is 18.0 Å². The maximum absolute atomic E-state index is 13.4. The topological polar surface area (TPSA) is 131 Å². The Kier molecular flexibility index (Phi) is 8.21. The van der Waals surface area contributed by atoms with Gasteiger partial charge in [-0.1, -0.05) is 24.3 Å². The minimum absolute atomic E-state index is 0.0770. The zero-order valence-corrected chi connectivity index (χ0v) is 20.2. The lowest BCUT2D eigenvalue weighted by molar-refractivity contribution is -0.120. The molecule has 0 fully saturated rings. The molecule has 0 aliphatic carbocycles. The highest BCUT2D eigenvalue weighted by Crippen LogP contribution is 2.25. The molecule has 182 valence electrons. The average Bonchev–Trinajstić information content (AvgIpc) is 2.84. The highest BCUT2D eigenvalue weighted by Gasteiger charge is 2.27. The van der Waals surface area contributed by atoms with Crippen LogP contribution in [0.4, 0.5) is 5.69 Å². The normalized spacial score (nSPS) is 11.3. The van der Waals surface area contributed by atoms with Crippen LogP contribution in [0.25, 0.3) is 0 Å². The molecule has 0 bridgehead atoms. The highest BCUT2D eigenvalue weighted by atomic mass is 32.2. The van der Waals surface area contributed by atoms with Gasteiger partial charge in [-0.15, -0.1) is 0 Å². The maximum Gasteiger partial charge on any atom is 0.264 e. The molecule has 3 N–H and O–H groups in total. The molecule has 3 rings (SSSR count). The SMILES string of the molecule is Cc1ccc(N(CC(=O)N/N=C\c2ccc(OCC(N)=O)cc2)S(=O)(=O)c2ccccc2)cc1C. The van der Waals surface area contributed by atoms with E-state index in [1.807, 2.05) is 19.9 Å². The quantitative estimate of drug-likeness (QED) is 0.330. The number of benzene rings is 3. The van der Waals surface area contributed by atoms with Crippen molar-refractivity contribution in [2.75, 3.05) is 17.5 Å². The lowest BCUT2D eigenvalue weighted by Crippen LogP contribution is -2.39. The first kappa shape index (κ1) is 25.4. The third kappa shape index (κ3) is 6.90. The third-order valence-corrected chi connectivity index (χ3v) is 6.85. The van der Waals surface area contributed by atoms with Crippen LogP contribution in [-0.4, -0.2) is 39.6 Å². The summed E-state index contributed by atoms with van der Waals surface area (Å²) in [4.78, 5) is 23.5. The molecule has 3 aromatic rings. The van der Waals surface area contributed by atoms with Crippen molar-refractivity contribution in [3.05, 3.63) is 89.5 Å². The van der Waals surface area contributed by atoms with Crippen LogP contribution in [0, 0.1) is 13.8 Å². The predicted octanol–water partition coefficient (Wildman–Crippen LogP) is 2.51. The van der Waals surface area contributed by atoms with E-state index in [0.29, 0.717) is 17.0 Å². The Bertz CT molecular complexity index is 1320. The van der Waals surface area contributed by atoms with E-state index in [1.165, 1.54) is 18.3 Å². The lowest BCUT2D eigenvalue weighted by atomic mass is 10.1. The Morgan fingerprint density at radius 2 is 1.69 bits per heavy atom. The summed E-state index contributed by atoms with van der Waals surface area (Å²) in [7, 11) is -4.00. The first-order valence-electron chi connectivity index (χ1n) is 10.6. The Morgan fingerprint density at radius 3 is 2.31 bits per heavy atom. The first-order chi connectivity index (χ1) is 16.7. The van der Waals surface area contributed by atoms with Crippen molar-refractivity contribution in [1.82, 2.24) is 5.43 Å². The van der Waals surface area contributed by atoms with Crippen molar-refractivity contribution in [2.24, 2.45) is 10.8 Å². The number of carbonyl (C=O) groups is 2. The van der Waals surface area contributed by atoms with Crippen LogP contribution < -0.4 is 20.2 Å². The molecule has 9 nitrogen and oxygen atoms in total. The molecule has 0 aliphatic heterocycles. The van der Waals surface area contributed by atoms with Crippen LogP contribution in [0.1, 0.15) is 16.7 Å². The number of nitrogens with two attached hydrogens (primary N) is 1. The lowest BCUT2D eigenvalue weighted by Gasteiger charge is -2.24. The second-order valence-electron chi connectivity index (χ2n) is 7.71. The van der Waals surface area contributed by atoms with E-state index < -0.39 is 28.4 Å². The predicted molar refractivity (Wildman–Crippen MR) is 134 cm³/mol. The van der Waals surface area contributed by atoms with Gasteiger partial charge >= 0.3 is 0 Å². The van der Waals surface area contributed by atoms with Gasteiger partial charge in [0.25, 0.3) is 21.8 Å². The Hall–Kier alpha value is -4.18. The number of aryl methyl sites for hydroxylation is 2. The second-order valence-corrected chi connectivity index (χ2v) is 9.57. The molecule has 10 heteroatoms. The molecule has 0 heterocycles. The van der Waals surface area contributed by atoms with Crippen molar-refractivity contribution < 1.29 is 22.7 Å². The van der Waals surface area contributed by atoms with Crippen LogP contribution in [0.2, 0.25) is 0 Å². The van der Waals surface area contributed by atoms with Crippen molar-refractivity contribution in [3.63, 3.8) is 0 Å². The summed E-state index contributed by atoms with van der Waals surface area (Å²) in [6.07, 6.45) is 1.40. The monoisotopic (exact) mass is 494 g/mol. The summed E-state index contributed by atoms with van der Waals surface area (Å²) in [6, 6.07) is 19.7. The van der Waals surface area contributed by atoms with Gasteiger partial charge in [-0.2, -0.15) is 5.10 Å². The number of hydrazone groups is 1. The zero-order chi connectivity index (χ0) is 25.4. The maximum atomic E-state index is 13.4. The Labute approximate surface area is 204 Å². The summed E-state index contributed by atoms with van der Waals surface area (Å²) >= 11 is 0. The molecular weight excluding hydrogens is 468 g/mol. The minimum Gasteiger partial charge on any atom is -0.484 e. The van der Waals surface area contributed by atoms with E-state index in [2.05, 4.69) is 10.5 Å². The standard InChI is InChI=1S/C25H26N4O5S/c1-18-8-11-21(14-19(18)2)29(35(32,33)23-6-4-3-5-7-23)16-25(31)28-27-15-20-9-12-22(13-10-20)34-17-24(26)30/h3-15H,16-17H2,1-2H3,(H2,26,30)(H,28,31)/b27-15-. The number of nitrogens with one attached hydrogen (secondary N) is 1. The first-order valence-corrected chi connectivity index (χ1v) is 12.1. The number of hydrogen-bond donors (Lipinski definition) is 2. The van der Waals surface area contributed by atoms with Crippen LogP contribution in [0.3, 0.4) is 0 Å². The molecule has 35 heavy (non-hydrogen) atoms. The third-order valence-electron chi connectivity index (χ3n) is 5.06. The molecule has 0 radical (unpaired) electrons. The molecule has 0 atom stereocenters. The number of rotatable bonds is 10. The van der Waals surface area contributed by atoms with Crippen molar-refractivity contribution in [1.29, 1.82) is 0 Å². The molecular formula is C25H26N4O5S. The van der Waals surface area contributed by atoms with Gasteiger partial charge in [0, 0.05) is 0 Å². The summed E-state index contributed by atoms with van der Waals surface area (Å²) in [5.41, 5.74) is 10.3. The zero-order valence-electron chi connectivity index (χ0n) is 19.3. The number of hydrogen-bond acceptors (Lipinski definition) is 6. The van der Waals surface area contributed by atoms with Crippen molar-refractivity contribution >= 4 is 33.7 Å². The number of ether oxygens (including phenoxy) is 1. The summed E-state index contributed by atoms with van der Waals surface area (Å²) in [5, 5.41) is 3.92. The largest absolute Gasteiger partial charge is 0.484 e. The summed E-state index contributed by atoms with van der Waals surface area (Å²) in [6.45, 7) is 3.11. The van der Waals surface area contributed by atoms with Gasteiger partial charge in [0.05, 0.1) is 16.8 Å². The second kappa shape index (κ2) is 11.3. The van der Waals surface area contributed by atoms with Gasteiger partial charge in [0.1, 0.15) is 12.3 Å². The molecule has 3 aromatic carbocycles. The Morgan fingerprint density at radius 1 is 1.00 bits per heavy atom. The molecule has 2 amide bonds. The van der Waals surface area contributed by atoms with Gasteiger partial charge in [-0.05, 0) is 79.1 Å². The number of anilines is 1. The fourth-order valence-corrected chi connectivity index (χ4v) is 4.50. The number of sulfonamides is 1. The molecule has 0 aromatic heterocycles.